The van der Waals surface area contributed by atoms with E-state index in [9.17, 15) is 9.90 Å². The van der Waals surface area contributed by atoms with Crippen molar-refractivity contribution >= 4 is 33.7 Å². The summed E-state index contributed by atoms with van der Waals surface area (Å²) in [5.41, 5.74) is 6.34. The smallest absolute Gasteiger partial charge is 0.331 e. The number of halogens is 1. The first kappa shape index (κ1) is 19.9. The van der Waals surface area contributed by atoms with E-state index in [0.29, 0.717) is 22.8 Å². The zero-order chi connectivity index (χ0) is 20.8. The third-order valence-corrected chi connectivity index (χ3v) is 8.50. The predicted molar refractivity (Wildman–Crippen MR) is 125 cm³/mol. The van der Waals surface area contributed by atoms with Gasteiger partial charge in [0.15, 0.2) is 0 Å². The Bertz CT molecular complexity index is 984. The van der Waals surface area contributed by atoms with Crippen LogP contribution >= 0.6 is 15.9 Å². The molecule has 156 valence electrons. The lowest BCUT2D eigenvalue weighted by molar-refractivity contribution is -0.132. The number of carbonyl (C=O) groups is 1. The number of hydrogen-bond donors (Lipinski definition) is 2. The lowest BCUT2D eigenvalue weighted by Crippen LogP contribution is -2.47. The molecule has 3 fully saturated rings. The van der Waals surface area contributed by atoms with Crippen LogP contribution in [0.25, 0.3) is 6.08 Å². The lowest BCUT2D eigenvalue weighted by atomic mass is 9.52. The number of anilines is 1. The highest BCUT2D eigenvalue weighted by atomic mass is 79.9. The quantitative estimate of drug-likeness (QED) is 0.524. The molecule has 0 radical (unpaired) electrons. The summed E-state index contributed by atoms with van der Waals surface area (Å²) in [6.45, 7) is 1.02. The number of carboxylic acids is 1. The molecular formula is C26H28BrNO2. The molecule has 0 heterocycles. The molecule has 0 atom stereocenters. The van der Waals surface area contributed by atoms with E-state index < -0.39 is 5.97 Å². The fourth-order valence-electron chi connectivity index (χ4n) is 5.92. The summed E-state index contributed by atoms with van der Waals surface area (Å²) in [4.78, 5) is 11.3. The SMILES string of the molecule is O=C(O)C1=Cc2cccc(NCC34CCC(c5ccc(Br)cc5)(CC3)CC4)c2CC1. The van der Waals surface area contributed by atoms with E-state index in [-0.39, 0.29) is 0 Å². The molecule has 0 unspecified atom stereocenters. The van der Waals surface area contributed by atoms with Crippen LogP contribution in [-0.4, -0.2) is 17.6 Å². The Morgan fingerprint density at radius 2 is 1.67 bits per heavy atom. The maximum Gasteiger partial charge on any atom is 0.331 e. The number of hydrogen-bond acceptors (Lipinski definition) is 2. The monoisotopic (exact) mass is 465 g/mol. The van der Waals surface area contributed by atoms with Gasteiger partial charge in [-0.15, -0.1) is 0 Å². The molecule has 0 saturated heterocycles. The minimum atomic E-state index is -0.795. The van der Waals surface area contributed by atoms with Gasteiger partial charge >= 0.3 is 5.97 Å². The fourth-order valence-corrected chi connectivity index (χ4v) is 6.18. The van der Waals surface area contributed by atoms with Gasteiger partial charge in [0.1, 0.15) is 0 Å². The van der Waals surface area contributed by atoms with Crippen molar-refractivity contribution in [3.63, 3.8) is 0 Å². The molecule has 4 heteroatoms. The van der Waals surface area contributed by atoms with Crippen LogP contribution in [0.3, 0.4) is 0 Å². The van der Waals surface area contributed by atoms with Gasteiger partial charge < -0.3 is 10.4 Å². The molecule has 2 N–H and O–H groups in total. The maximum absolute atomic E-state index is 11.3. The molecule has 0 aromatic heterocycles. The molecule has 2 aromatic rings. The third-order valence-electron chi connectivity index (χ3n) is 7.97. The molecule has 30 heavy (non-hydrogen) atoms. The molecule has 4 aliphatic rings. The lowest BCUT2D eigenvalue weighted by Gasteiger charge is -2.54. The number of rotatable bonds is 5. The minimum absolute atomic E-state index is 0.381. The Hall–Kier alpha value is -2.07. The van der Waals surface area contributed by atoms with Crippen LogP contribution in [0.2, 0.25) is 0 Å². The van der Waals surface area contributed by atoms with Crippen molar-refractivity contribution in [3.8, 4) is 0 Å². The van der Waals surface area contributed by atoms with E-state index in [4.69, 9.17) is 0 Å². The zero-order valence-corrected chi connectivity index (χ0v) is 18.8. The van der Waals surface area contributed by atoms with Crippen molar-refractivity contribution in [1.29, 1.82) is 0 Å². The maximum atomic E-state index is 11.3. The first-order valence-corrected chi connectivity index (χ1v) is 11.8. The predicted octanol–water partition coefficient (Wildman–Crippen LogP) is 6.57. The van der Waals surface area contributed by atoms with Crippen LogP contribution in [0, 0.1) is 5.41 Å². The Kier molecular flexibility index (Phi) is 5.01. The molecule has 0 spiro atoms. The number of nitrogens with one attached hydrogen (secondary N) is 1. The first-order chi connectivity index (χ1) is 14.5. The first-order valence-electron chi connectivity index (χ1n) is 11.0. The van der Waals surface area contributed by atoms with Gasteiger partial charge in [-0.25, -0.2) is 4.79 Å². The normalized spacial score (nSPS) is 27.3. The van der Waals surface area contributed by atoms with Gasteiger partial charge in [0, 0.05) is 22.3 Å². The summed E-state index contributed by atoms with van der Waals surface area (Å²) < 4.78 is 1.16. The Morgan fingerprint density at radius 3 is 2.33 bits per heavy atom. The van der Waals surface area contributed by atoms with Gasteiger partial charge in [-0.1, -0.05) is 40.2 Å². The standard InChI is InChI=1S/C26H28BrNO2/c27-21-7-5-20(6-8-21)26-13-10-25(11-14-26,12-15-26)17-28-23-3-1-2-18-16-19(24(29)30)4-9-22(18)23/h1-3,5-8,16,28H,4,9-15,17H2,(H,29,30). The van der Waals surface area contributed by atoms with Crippen molar-refractivity contribution in [2.24, 2.45) is 5.41 Å². The topological polar surface area (TPSA) is 49.3 Å². The molecule has 0 aliphatic heterocycles. The Balaban J connectivity index is 1.29. The highest BCUT2D eigenvalue weighted by Crippen LogP contribution is 2.57. The van der Waals surface area contributed by atoms with E-state index in [2.05, 4.69) is 51.6 Å². The van der Waals surface area contributed by atoms with E-state index in [0.717, 1.165) is 23.0 Å². The molecule has 3 nitrogen and oxygen atoms in total. The van der Waals surface area contributed by atoms with Crippen molar-refractivity contribution in [3.05, 3.63) is 69.2 Å². The fraction of sp³-hybridized carbons (Fsp3) is 0.423. The van der Waals surface area contributed by atoms with Crippen LogP contribution in [0.15, 0.2) is 52.5 Å². The largest absolute Gasteiger partial charge is 0.478 e. The molecule has 4 aliphatic carbocycles. The van der Waals surface area contributed by atoms with E-state index in [1.54, 1.807) is 0 Å². The number of benzene rings is 2. The van der Waals surface area contributed by atoms with E-state index >= 15 is 0 Å². The Labute approximate surface area is 186 Å². The number of aliphatic carboxylic acids is 1. The average Bonchev–Trinajstić information content (AvgIpc) is 2.79. The van der Waals surface area contributed by atoms with Gasteiger partial charge in [0.25, 0.3) is 0 Å². The van der Waals surface area contributed by atoms with Crippen LogP contribution < -0.4 is 5.32 Å². The summed E-state index contributed by atoms with van der Waals surface area (Å²) in [7, 11) is 0. The van der Waals surface area contributed by atoms with E-state index in [1.165, 1.54) is 55.3 Å². The van der Waals surface area contributed by atoms with Gasteiger partial charge in [-0.3, -0.25) is 0 Å². The van der Waals surface area contributed by atoms with Crippen molar-refractivity contribution in [2.45, 2.75) is 56.8 Å². The summed E-state index contributed by atoms with van der Waals surface area (Å²) in [6, 6.07) is 15.2. The molecule has 2 aromatic carbocycles. The summed E-state index contributed by atoms with van der Waals surface area (Å²) in [6.07, 6.45) is 11.0. The molecular weight excluding hydrogens is 438 g/mol. The Morgan fingerprint density at radius 1 is 0.967 bits per heavy atom. The van der Waals surface area contributed by atoms with Gasteiger partial charge in [0.2, 0.25) is 0 Å². The highest BCUT2D eigenvalue weighted by molar-refractivity contribution is 9.10. The summed E-state index contributed by atoms with van der Waals surface area (Å²) in [5.74, 6) is -0.795. The van der Waals surface area contributed by atoms with Gasteiger partial charge in [-0.2, -0.15) is 0 Å². The minimum Gasteiger partial charge on any atom is -0.478 e. The second-order valence-electron chi connectivity index (χ2n) is 9.49. The summed E-state index contributed by atoms with van der Waals surface area (Å²) in [5, 5.41) is 13.1. The molecule has 6 rings (SSSR count). The van der Waals surface area contributed by atoms with Crippen LogP contribution in [0.5, 0.6) is 0 Å². The van der Waals surface area contributed by atoms with Crippen molar-refractivity contribution < 1.29 is 9.90 Å². The van der Waals surface area contributed by atoms with Crippen LogP contribution in [0.1, 0.15) is 61.6 Å². The molecule has 2 bridgehead atoms. The van der Waals surface area contributed by atoms with Crippen LogP contribution in [0.4, 0.5) is 5.69 Å². The number of carboxylic acid groups (broad SMARTS) is 1. The van der Waals surface area contributed by atoms with Crippen molar-refractivity contribution in [1.82, 2.24) is 0 Å². The second kappa shape index (κ2) is 7.56. The summed E-state index contributed by atoms with van der Waals surface area (Å²) >= 11 is 3.57. The van der Waals surface area contributed by atoms with Gasteiger partial charge in [0.05, 0.1) is 0 Å². The molecule has 0 amide bonds. The zero-order valence-electron chi connectivity index (χ0n) is 17.2. The van der Waals surface area contributed by atoms with Crippen molar-refractivity contribution in [2.75, 3.05) is 11.9 Å². The molecule has 3 saturated carbocycles. The third kappa shape index (κ3) is 3.49. The van der Waals surface area contributed by atoms with Crippen LogP contribution in [-0.2, 0) is 16.6 Å². The highest BCUT2D eigenvalue weighted by Gasteiger charge is 2.49. The van der Waals surface area contributed by atoms with Gasteiger partial charge in [-0.05, 0) is 103 Å². The van der Waals surface area contributed by atoms with E-state index in [1.807, 2.05) is 18.2 Å². The second-order valence-corrected chi connectivity index (χ2v) is 10.4. The average molecular weight is 466 g/mol. The number of fused-ring (bicyclic) bond motifs is 4.